The molecule has 1 saturated heterocycles. The van der Waals surface area contributed by atoms with Crippen LogP contribution in [-0.4, -0.2) is 49.3 Å². The van der Waals surface area contributed by atoms with Crippen LogP contribution in [0.5, 0.6) is 0 Å². The zero-order valence-corrected chi connectivity index (χ0v) is 18.1. The molecule has 2 aromatic heterocycles. The summed E-state index contributed by atoms with van der Waals surface area (Å²) in [6.07, 6.45) is 1.80. The zero-order chi connectivity index (χ0) is 22.2. The van der Waals surface area contributed by atoms with Gasteiger partial charge in [0.1, 0.15) is 17.8 Å². The number of amides is 1. The maximum Gasteiger partial charge on any atom is 0.280 e. The number of hydrogen-bond donors (Lipinski definition) is 0. The van der Waals surface area contributed by atoms with Crippen molar-refractivity contribution in [1.29, 1.82) is 0 Å². The van der Waals surface area contributed by atoms with E-state index in [0.29, 0.717) is 25.2 Å². The Labute approximate surface area is 179 Å². The van der Waals surface area contributed by atoms with Crippen LogP contribution >= 0.6 is 0 Å². The summed E-state index contributed by atoms with van der Waals surface area (Å²) in [5.41, 5.74) is -1.25. The largest absolute Gasteiger partial charge is 0.342 e. The van der Waals surface area contributed by atoms with Crippen molar-refractivity contribution in [2.24, 2.45) is 16.2 Å². The summed E-state index contributed by atoms with van der Waals surface area (Å²) in [5, 5.41) is 3.84. The summed E-state index contributed by atoms with van der Waals surface area (Å²) in [6.45, 7) is 7.15. The molecule has 3 atom stereocenters. The number of fused-ring (bicyclic) bond motifs is 3. The van der Waals surface area contributed by atoms with Gasteiger partial charge in [0.05, 0.1) is 11.1 Å². The van der Waals surface area contributed by atoms with Crippen LogP contribution in [0.4, 0.5) is 8.78 Å². The Morgan fingerprint density at radius 2 is 2.03 bits per heavy atom. The van der Waals surface area contributed by atoms with Gasteiger partial charge in [-0.1, -0.05) is 20.8 Å². The van der Waals surface area contributed by atoms with Crippen LogP contribution in [0.3, 0.4) is 0 Å². The van der Waals surface area contributed by atoms with Crippen LogP contribution in [0.15, 0.2) is 12.4 Å². The fraction of sp³-hybridized carbons (Fsp3) is 0.682. The number of alkyl halides is 2. The highest BCUT2D eigenvalue weighted by molar-refractivity contribution is 5.99. The Hall–Kier alpha value is -2.45. The highest BCUT2D eigenvalue weighted by atomic mass is 19.3. The normalized spacial score (nSPS) is 32.4. The van der Waals surface area contributed by atoms with E-state index in [0.717, 1.165) is 30.2 Å². The molecule has 0 spiro atoms. The second-order valence-corrected chi connectivity index (χ2v) is 10.1. The Kier molecular flexibility index (Phi) is 4.31. The van der Waals surface area contributed by atoms with Crippen LogP contribution in [0.25, 0.3) is 5.78 Å². The summed E-state index contributed by atoms with van der Waals surface area (Å²) in [6, 6.07) is 1.39. The second-order valence-electron chi connectivity index (χ2n) is 10.1. The van der Waals surface area contributed by atoms with E-state index < -0.39 is 22.7 Å². The molecule has 1 aliphatic heterocycles. The van der Waals surface area contributed by atoms with Crippen LogP contribution in [0, 0.1) is 16.2 Å². The van der Waals surface area contributed by atoms with Gasteiger partial charge >= 0.3 is 0 Å². The van der Waals surface area contributed by atoms with Crippen molar-refractivity contribution in [2.45, 2.75) is 65.2 Å². The minimum Gasteiger partial charge on any atom is -0.342 e. The lowest BCUT2D eigenvalue weighted by atomic mass is 9.64. The molecule has 3 unspecified atom stereocenters. The fourth-order valence-corrected chi connectivity index (χ4v) is 6.26. The Morgan fingerprint density at radius 3 is 2.68 bits per heavy atom. The predicted molar refractivity (Wildman–Crippen MR) is 107 cm³/mol. The van der Waals surface area contributed by atoms with Crippen molar-refractivity contribution >= 4 is 17.5 Å². The minimum atomic E-state index is -2.70. The molecule has 9 heteroatoms. The Morgan fingerprint density at radius 1 is 1.26 bits per heavy atom. The molecule has 2 aromatic rings. The van der Waals surface area contributed by atoms with Gasteiger partial charge in [0.25, 0.3) is 12.2 Å². The van der Waals surface area contributed by atoms with E-state index in [1.165, 1.54) is 12.4 Å². The van der Waals surface area contributed by atoms with Gasteiger partial charge in [-0.25, -0.2) is 13.8 Å². The first-order valence-electron chi connectivity index (χ1n) is 10.9. The van der Waals surface area contributed by atoms with Crippen LogP contribution in [-0.2, 0) is 9.59 Å². The average Bonchev–Trinajstić information content (AvgIpc) is 3.34. The summed E-state index contributed by atoms with van der Waals surface area (Å²) < 4.78 is 28.2. The van der Waals surface area contributed by atoms with E-state index in [9.17, 15) is 18.4 Å². The Balaban J connectivity index is 1.45. The minimum absolute atomic E-state index is 0.0365. The first-order valence-corrected chi connectivity index (χ1v) is 10.9. The van der Waals surface area contributed by atoms with Crippen LogP contribution in [0.1, 0.15) is 76.6 Å². The van der Waals surface area contributed by atoms with E-state index >= 15 is 0 Å². The fourth-order valence-electron chi connectivity index (χ4n) is 6.26. The maximum absolute atomic E-state index is 13.8. The summed E-state index contributed by atoms with van der Waals surface area (Å²) in [5.74, 6) is 0.214. The van der Waals surface area contributed by atoms with E-state index in [2.05, 4.69) is 28.9 Å². The molecule has 2 bridgehead atoms. The number of nitrogens with zero attached hydrogens (tertiary/aromatic N) is 5. The van der Waals surface area contributed by atoms with Crippen molar-refractivity contribution in [2.75, 3.05) is 13.1 Å². The number of likely N-dealkylation sites (tertiary alicyclic amines) is 1. The molecule has 0 aromatic carbocycles. The quantitative estimate of drug-likeness (QED) is 0.743. The SMILES string of the molecule is CC12CCC(C(=O)N3CCCC(c4cc(C(F)F)n5ncnc5n4)C3)(CC1=O)C2(C)C. The number of piperidine rings is 1. The average molecular weight is 431 g/mol. The smallest absolute Gasteiger partial charge is 0.280 e. The van der Waals surface area contributed by atoms with Gasteiger partial charge in [-0.3, -0.25) is 9.59 Å². The first-order chi connectivity index (χ1) is 14.6. The third kappa shape index (κ3) is 2.58. The van der Waals surface area contributed by atoms with Gasteiger partial charge in [-0.15, -0.1) is 0 Å². The molecule has 0 N–H and O–H groups in total. The number of Topliss-reactive ketones (excluding diaryl/α,β-unsaturated/α-hetero) is 1. The second kappa shape index (κ2) is 6.53. The number of ketones is 1. The molecule has 31 heavy (non-hydrogen) atoms. The van der Waals surface area contributed by atoms with Gasteiger partial charge in [0.2, 0.25) is 5.91 Å². The van der Waals surface area contributed by atoms with Gasteiger partial charge in [0.15, 0.2) is 0 Å². The van der Waals surface area contributed by atoms with E-state index in [-0.39, 0.29) is 29.1 Å². The number of aromatic nitrogens is 4. The molecule has 3 aliphatic rings. The molecule has 1 amide bonds. The maximum atomic E-state index is 13.8. The molecule has 0 radical (unpaired) electrons. The molecule has 5 rings (SSSR count). The van der Waals surface area contributed by atoms with Gasteiger partial charge in [0, 0.05) is 30.8 Å². The number of carbonyl (C=O) groups is 2. The molecular formula is C22H27F2N5O2. The van der Waals surface area contributed by atoms with E-state index in [4.69, 9.17) is 0 Å². The van der Waals surface area contributed by atoms with Crippen molar-refractivity contribution in [1.82, 2.24) is 24.5 Å². The Bertz CT molecular complexity index is 1080. The standard InChI is InChI=1S/C22H27F2N5O2/c1-20(2)21(3)6-7-22(20,10-16(21)30)18(31)28-8-4-5-13(11-28)14-9-15(17(23)24)29-19(27-14)25-12-26-29/h9,12-13,17H,4-8,10-11H2,1-3H3. The number of halogens is 2. The zero-order valence-electron chi connectivity index (χ0n) is 18.1. The summed E-state index contributed by atoms with van der Waals surface area (Å²) >= 11 is 0. The molecular weight excluding hydrogens is 404 g/mol. The topological polar surface area (TPSA) is 80.5 Å². The van der Waals surface area contributed by atoms with Crippen LogP contribution < -0.4 is 0 Å². The third-order valence-corrected chi connectivity index (χ3v) is 8.76. The number of rotatable bonds is 3. The lowest BCUT2D eigenvalue weighted by molar-refractivity contribution is -0.149. The molecule has 3 heterocycles. The monoisotopic (exact) mass is 431 g/mol. The first kappa shape index (κ1) is 20.5. The molecule has 2 aliphatic carbocycles. The lowest BCUT2D eigenvalue weighted by Gasteiger charge is -2.43. The number of hydrogen-bond acceptors (Lipinski definition) is 5. The van der Waals surface area contributed by atoms with Crippen molar-refractivity contribution in [3.8, 4) is 0 Å². The van der Waals surface area contributed by atoms with Gasteiger partial charge in [-0.2, -0.15) is 14.6 Å². The summed E-state index contributed by atoms with van der Waals surface area (Å²) in [7, 11) is 0. The number of carbonyl (C=O) groups excluding carboxylic acids is 2. The third-order valence-electron chi connectivity index (χ3n) is 8.76. The van der Waals surface area contributed by atoms with E-state index in [1.54, 1.807) is 0 Å². The predicted octanol–water partition coefficient (Wildman–Crippen LogP) is 3.55. The van der Waals surface area contributed by atoms with Crippen molar-refractivity contribution < 1.29 is 18.4 Å². The molecule has 166 valence electrons. The molecule has 3 fully saturated rings. The molecule has 2 saturated carbocycles. The van der Waals surface area contributed by atoms with Crippen molar-refractivity contribution in [3.05, 3.63) is 23.8 Å². The summed E-state index contributed by atoms with van der Waals surface area (Å²) in [4.78, 5) is 36.9. The highest BCUT2D eigenvalue weighted by Gasteiger charge is 2.73. The lowest BCUT2D eigenvalue weighted by Crippen LogP contribution is -2.51. The van der Waals surface area contributed by atoms with Gasteiger partial charge < -0.3 is 4.90 Å². The molecule has 7 nitrogen and oxygen atoms in total. The van der Waals surface area contributed by atoms with E-state index in [1.807, 2.05) is 11.8 Å². The van der Waals surface area contributed by atoms with Gasteiger partial charge in [-0.05, 0) is 37.2 Å². The highest BCUT2D eigenvalue weighted by Crippen LogP contribution is 2.71. The van der Waals surface area contributed by atoms with Crippen LogP contribution in [0.2, 0.25) is 0 Å². The van der Waals surface area contributed by atoms with Crippen molar-refractivity contribution in [3.63, 3.8) is 0 Å².